The van der Waals surface area contributed by atoms with Crippen LogP contribution in [0.5, 0.6) is 0 Å². The topological polar surface area (TPSA) is 43.8 Å². The van der Waals surface area contributed by atoms with Crippen LogP contribution < -0.4 is 4.90 Å². The number of aliphatic hydroxyl groups is 1. The van der Waals surface area contributed by atoms with Crippen LogP contribution in [0.15, 0.2) is 18.2 Å². The molecule has 0 radical (unpaired) electrons. The second kappa shape index (κ2) is 5.57. The van der Waals surface area contributed by atoms with Crippen LogP contribution in [0.4, 0.5) is 10.1 Å². The number of aliphatic hydroxyl groups excluding tert-OH is 1. The molecule has 19 heavy (non-hydrogen) atoms. The summed E-state index contributed by atoms with van der Waals surface area (Å²) in [5, 5.41) is 9.42. The third-order valence-corrected chi connectivity index (χ3v) is 3.52. The normalized spacial score (nSPS) is 17.5. The molecule has 1 aromatic rings. The number of piperazine rings is 1. The number of anilines is 1. The highest BCUT2D eigenvalue weighted by atomic mass is 19.1. The van der Waals surface area contributed by atoms with Gasteiger partial charge in [0.05, 0.1) is 11.8 Å². The lowest BCUT2D eigenvalue weighted by Crippen LogP contribution is -2.48. The number of nitrogens with zero attached hydrogens (tertiary/aromatic N) is 2. The second-order valence-corrected chi connectivity index (χ2v) is 4.88. The average molecular weight is 266 g/mol. The van der Waals surface area contributed by atoms with E-state index < -0.39 is 6.10 Å². The van der Waals surface area contributed by atoms with Crippen LogP contribution in [-0.2, 0) is 4.79 Å². The Morgan fingerprint density at radius 1 is 1.32 bits per heavy atom. The Hall–Kier alpha value is -1.62. The van der Waals surface area contributed by atoms with E-state index in [0.29, 0.717) is 37.4 Å². The molecule has 1 atom stereocenters. The minimum Gasteiger partial charge on any atom is -0.389 e. The summed E-state index contributed by atoms with van der Waals surface area (Å²) in [4.78, 5) is 14.9. The molecule has 1 aliphatic heterocycles. The Balaban J connectivity index is 2.09. The van der Waals surface area contributed by atoms with Crippen LogP contribution >= 0.6 is 0 Å². The number of carbonyl (C=O) groups is 1. The van der Waals surface area contributed by atoms with Gasteiger partial charge in [0.15, 0.2) is 0 Å². The molecule has 4 nitrogen and oxygen atoms in total. The van der Waals surface area contributed by atoms with Crippen molar-refractivity contribution < 1.29 is 14.3 Å². The fourth-order valence-corrected chi connectivity index (χ4v) is 2.30. The molecule has 5 heteroatoms. The van der Waals surface area contributed by atoms with Gasteiger partial charge in [0, 0.05) is 33.1 Å². The summed E-state index contributed by atoms with van der Waals surface area (Å²) in [5.41, 5.74) is 1.11. The summed E-state index contributed by atoms with van der Waals surface area (Å²) in [6, 6.07) is 4.80. The van der Waals surface area contributed by atoms with Gasteiger partial charge < -0.3 is 14.9 Å². The van der Waals surface area contributed by atoms with E-state index in [4.69, 9.17) is 0 Å². The quantitative estimate of drug-likeness (QED) is 0.883. The molecule has 104 valence electrons. The van der Waals surface area contributed by atoms with E-state index in [0.717, 1.165) is 0 Å². The zero-order valence-corrected chi connectivity index (χ0v) is 11.3. The predicted octanol–water partition coefficient (Wildman–Crippen LogP) is 1.55. The van der Waals surface area contributed by atoms with Crippen molar-refractivity contribution in [2.24, 2.45) is 0 Å². The smallest absolute Gasteiger partial charge is 0.219 e. The van der Waals surface area contributed by atoms with Crippen molar-refractivity contribution in [2.75, 3.05) is 31.1 Å². The predicted molar refractivity (Wildman–Crippen MR) is 71.5 cm³/mol. The van der Waals surface area contributed by atoms with Crippen LogP contribution in [0, 0.1) is 5.82 Å². The first-order chi connectivity index (χ1) is 8.99. The fourth-order valence-electron chi connectivity index (χ4n) is 2.30. The van der Waals surface area contributed by atoms with Crippen molar-refractivity contribution in [2.45, 2.75) is 20.0 Å². The minimum absolute atomic E-state index is 0.0598. The Morgan fingerprint density at radius 2 is 1.95 bits per heavy atom. The molecule has 0 unspecified atom stereocenters. The highest BCUT2D eigenvalue weighted by Gasteiger charge is 2.21. The summed E-state index contributed by atoms with van der Waals surface area (Å²) in [7, 11) is 0. The van der Waals surface area contributed by atoms with Crippen molar-refractivity contribution in [3.05, 3.63) is 29.6 Å². The Labute approximate surface area is 112 Å². The Bertz CT molecular complexity index is 469. The van der Waals surface area contributed by atoms with Gasteiger partial charge in [-0.1, -0.05) is 6.07 Å². The molecular formula is C14H19FN2O2. The molecule has 1 fully saturated rings. The first-order valence-corrected chi connectivity index (χ1v) is 6.47. The van der Waals surface area contributed by atoms with Gasteiger partial charge in [0.25, 0.3) is 0 Å². The Morgan fingerprint density at radius 3 is 2.42 bits per heavy atom. The molecule has 1 N–H and O–H groups in total. The van der Waals surface area contributed by atoms with Crippen molar-refractivity contribution >= 4 is 11.6 Å². The number of amides is 1. The van der Waals surface area contributed by atoms with Gasteiger partial charge in [-0.15, -0.1) is 0 Å². The molecule has 1 aliphatic rings. The lowest BCUT2D eigenvalue weighted by Gasteiger charge is -2.35. The van der Waals surface area contributed by atoms with Gasteiger partial charge in [-0.2, -0.15) is 0 Å². The van der Waals surface area contributed by atoms with Gasteiger partial charge in [0.1, 0.15) is 5.82 Å². The molecule has 0 aromatic heterocycles. The van der Waals surface area contributed by atoms with Crippen LogP contribution in [0.2, 0.25) is 0 Å². The number of hydrogen-bond donors (Lipinski definition) is 1. The Kier molecular flexibility index (Phi) is 4.04. The van der Waals surface area contributed by atoms with Gasteiger partial charge >= 0.3 is 0 Å². The highest BCUT2D eigenvalue weighted by Crippen LogP contribution is 2.24. The standard InChI is InChI=1S/C14H19FN2O2/c1-10(18)12-3-4-14(13(15)9-12)17-7-5-16(6-8-17)11(2)19/h3-4,9-10,18H,5-8H2,1-2H3/t10-/m1/s1. The van der Waals surface area contributed by atoms with Crippen LogP contribution in [0.1, 0.15) is 25.5 Å². The third-order valence-electron chi connectivity index (χ3n) is 3.52. The lowest BCUT2D eigenvalue weighted by molar-refractivity contribution is -0.129. The van der Waals surface area contributed by atoms with Crippen LogP contribution in [0.25, 0.3) is 0 Å². The molecule has 0 aliphatic carbocycles. The number of benzene rings is 1. The van der Waals surface area contributed by atoms with E-state index in [1.54, 1.807) is 30.9 Å². The number of carbonyl (C=O) groups excluding carboxylic acids is 1. The molecule has 1 saturated heterocycles. The maximum absolute atomic E-state index is 14.0. The SMILES string of the molecule is CC(=O)N1CCN(c2ccc([C@@H](C)O)cc2F)CC1. The molecule has 0 saturated carbocycles. The van der Waals surface area contributed by atoms with Gasteiger partial charge in [-0.3, -0.25) is 4.79 Å². The second-order valence-electron chi connectivity index (χ2n) is 4.88. The van der Waals surface area contributed by atoms with E-state index in [9.17, 15) is 14.3 Å². The zero-order valence-electron chi connectivity index (χ0n) is 11.3. The highest BCUT2D eigenvalue weighted by molar-refractivity contribution is 5.73. The van der Waals surface area contributed by atoms with Gasteiger partial charge in [0.2, 0.25) is 5.91 Å². The van der Waals surface area contributed by atoms with Crippen molar-refractivity contribution in [1.29, 1.82) is 0 Å². The molecule has 1 aromatic carbocycles. The monoisotopic (exact) mass is 266 g/mol. The largest absolute Gasteiger partial charge is 0.389 e. The van der Waals surface area contributed by atoms with E-state index in [-0.39, 0.29) is 11.7 Å². The minimum atomic E-state index is -0.668. The van der Waals surface area contributed by atoms with E-state index >= 15 is 0 Å². The summed E-state index contributed by atoms with van der Waals surface area (Å²) >= 11 is 0. The maximum atomic E-state index is 14.0. The lowest BCUT2D eigenvalue weighted by atomic mass is 10.1. The summed E-state index contributed by atoms with van der Waals surface area (Å²) in [6.07, 6.45) is -0.668. The first-order valence-electron chi connectivity index (χ1n) is 6.47. The maximum Gasteiger partial charge on any atom is 0.219 e. The van der Waals surface area contributed by atoms with Crippen molar-refractivity contribution in [3.63, 3.8) is 0 Å². The average Bonchev–Trinajstić information content (AvgIpc) is 2.38. The molecule has 2 rings (SSSR count). The molecule has 1 heterocycles. The first kappa shape index (κ1) is 13.8. The van der Waals surface area contributed by atoms with E-state index in [1.165, 1.54) is 6.07 Å². The fraction of sp³-hybridized carbons (Fsp3) is 0.500. The summed E-state index contributed by atoms with van der Waals surface area (Å²) in [5.74, 6) is -0.265. The zero-order chi connectivity index (χ0) is 14.0. The molecule has 0 bridgehead atoms. The van der Waals surface area contributed by atoms with Gasteiger partial charge in [-0.25, -0.2) is 4.39 Å². The van der Waals surface area contributed by atoms with Crippen molar-refractivity contribution in [1.82, 2.24) is 4.90 Å². The van der Waals surface area contributed by atoms with Crippen LogP contribution in [0.3, 0.4) is 0 Å². The number of rotatable bonds is 2. The summed E-state index contributed by atoms with van der Waals surface area (Å²) < 4.78 is 14.0. The molecule has 0 spiro atoms. The number of hydrogen-bond acceptors (Lipinski definition) is 3. The summed E-state index contributed by atoms with van der Waals surface area (Å²) in [6.45, 7) is 5.66. The third kappa shape index (κ3) is 3.04. The van der Waals surface area contributed by atoms with Crippen LogP contribution in [-0.4, -0.2) is 42.1 Å². The van der Waals surface area contributed by atoms with Crippen molar-refractivity contribution in [3.8, 4) is 0 Å². The van der Waals surface area contributed by atoms with E-state index in [2.05, 4.69) is 0 Å². The van der Waals surface area contributed by atoms with Gasteiger partial charge in [-0.05, 0) is 24.6 Å². The molecular weight excluding hydrogens is 247 g/mol. The number of halogens is 1. The molecule has 1 amide bonds. The van der Waals surface area contributed by atoms with E-state index in [1.807, 2.05) is 4.90 Å².